The van der Waals surface area contributed by atoms with Gasteiger partial charge in [0, 0.05) is 21.5 Å². The lowest BCUT2D eigenvalue weighted by Crippen LogP contribution is -2.27. The molecule has 0 heterocycles. The van der Waals surface area contributed by atoms with Crippen molar-refractivity contribution in [3.05, 3.63) is 65.0 Å². The van der Waals surface area contributed by atoms with Gasteiger partial charge in [-0.15, -0.1) is 0 Å². The number of rotatable bonds is 8. The minimum absolute atomic E-state index is 0.145. The van der Waals surface area contributed by atoms with E-state index in [1.807, 2.05) is 36.4 Å². The molecule has 2 aromatic carbocycles. The Kier molecular flexibility index (Phi) is 6.38. The molecule has 0 N–H and O–H groups in total. The summed E-state index contributed by atoms with van der Waals surface area (Å²) < 4.78 is 26.4. The highest BCUT2D eigenvalue weighted by atomic mass is 28.3. The van der Waals surface area contributed by atoms with Crippen LogP contribution in [0.4, 0.5) is 4.39 Å². The molecule has 0 fully saturated rings. The zero-order valence-electron chi connectivity index (χ0n) is 16.9. The molecule has 1 aliphatic rings. The van der Waals surface area contributed by atoms with E-state index in [9.17, 15) is 4.39 Å². The fourth-order valence-corrected chi connectivity index (χ4v) is 3.80. The third-order valence-corrected chi connectivity index (χ3v) is 9.19. The molecule has 0 bridgehead atoms. The molecule has 0 aromatic heterocycles. The quantitative estimate of drug-likeness (QED) is 0.565. The molecule has 0 radical (unpaired) electrons. The molecule has 2 aromatic rings. The molecule has 27 heavy (non-hydrogen) atoms. The lowest BCUT2D eigenvalue weighted by Gasteiger charge is -2.28. The lowest BCUT2D eigenvalue weighted by atomic mass is 10.1. The summed E-state index contributed by atoms with van der Waals surface area (Å²) in [4.78, 5) is 0. The van der Waals surface area contributed by atoms with Gasteiger partial charge in [-0.05, 0) is 46.6 Å². The van der Waals surface area contributed by atoms with Gasteiger partial charge >= 0.3 is 0 Å². The van der Waals surface area contributed by atoms with Crippen LogP contribution < -0.4 is 4.74 Å². The molecule has 4 heteroatoms. The van der Waals surface area contributed by atoms with Gasteiger partial charge in [-0.3, -0.25) is 0 Å². The minimum Gasteiger partial charge on any atom is -0.489 e. The van der Waals surface area contributed by atoms with E-state index in [2.05, 4.69) is 26.9 Å². The first-order valence-electron chi connectivity index (χ1n) is 9.91. The van der Waals surface area contributed by atoms with E-state index >= 15 is 0 Å². The van der Waals surface area contributed by atoms with E-state index < -0.39 is 8.80 Å². The molecule has 146 valence electrons. The van der Waals surface area contributed by atoms with Gasteiger partial charge in [0.25, 0.3) is 0 Å². The van der Waals surface area contributed by atoms with E-state index in [-0.39, 0.29) is 5.82 Å². The maximum absolute atomic E-state index is 14.6. The largest absolute Gasteiger partial charge is 0.489 e. The second-order valence-corrected chi connectivity index (χ2v) is 12.6. The summed E-state index contributed by atoms with van der Waals surface area (Å²) in [6, 6.07) is 13.5. The molecule has 1 aliphatic carbocycles. The van der Waals surface area contributed by atoms with Gasteiger partial charge in [-0.2, -0.15) is 0 Å². The van der Waals surface area contributed by atoms with E-state index in [1.165, 1.54) is 6.07 Å². The third-order valence-electron chi connectivity index (χ3n) is 5.90. The first-order chi connectivity index (χ1) is 12.8. The SMILES string of the molecule is C[SiH](C)C(C)(C)COCC1Cc2cc(OCc3ccccc3)cc(F)c2C1. The van der Waals surface area contributed by atoms with Crippen molar-refractivity contribution in [3.8, 4) is 5.75 Å². The molecule has 0 spiro atoms. The Morgan fingerprint density at radius 3 is 2.56 bits per heavy atom. The van der Waals surface area contributed by atoms with Crippen molar-refractivity contribution in [1.29, 1.82) is 0 Å². The molecule has 0 saturated carbocycles. The fraction of sp³-hybridized carbons (Fsp3) is 0.478. The molecule has 2 nitrogen and oxygen atoms in total. The maximum atomic E-state index is 14.6. The van der Waals surface area contributed by atoms with Crippen molar-refractivity contribution in [1.82, 2.24) is 0 Å². The standard InChI is InChI=1S/C23H31FO2Si/c1-23(2,27(3)4)16-25-14-18-10-19-12-20(13-22(24)21(19)11-18)26-15-17-8-6-5-7-9-17/h5-9,12-13,18,27H,10-11,14-16H2,1-4H3. The van der Waals surface area contributed by atoms with Crippen LogP contribution in [0.5, 0.6) is 5.75 Å². The molecule has 0 aliphatic heterocycles. The average molecular weight is 387 g/mol. The monoisotopic (exact) mass is 386 g/mol. The number of hydrogen-bond acceptors (Lipinski definition) is 2. The van der Waals surface area contributed by atoms with E-state index in [1.54, 1.807) is 0 Å². The Labute approximate surface area is 164 Å². The molecule has 0 amide bonds. The second-order valence-electron chi connectivity index (χ2n) is 8.75. The van der Waals surface area contributed by atoms with Crippen LogP contribution in [0, 0.1) is 11.7 Å². The van der Waals surface area contributed by atoms with Crippen molar-refractivity contribution in [3.63, 3.8) is 0 Å². The normalized spacial score (nSPS) is 16.6. The van der Waals surface area contributed by atoms with Gasteiger partial charge in [0.1, 0.15) is 18.2 Å². The summed E-state index contributed by atoms with van der Waals surface area (Å²) in [5, 5.41) is 0.301. The van der Waals surface area contributed by atoms with Crippen LogP contribution in [0.2, 0.25) is 18.1 Å². The van der Waals surface area contributed by atoms with Crippen LogP contribution in [0.25, 0.3) is 0 Å². The van der Waals surface area contributed by atoms with Gasteiger partial charge in [0.2, 0.25) is 0 Å². The van der Waals surface area contributed by atoms with Crippen LogP contribution in [0.15, 0.2) is 42.5 Å². The van der Waals surface area contributed by atoms with Crippen LogP contribution in [0.3, 0.4) is 0 Å². The summed E-state index contributed by atoms with van der Waals surface area (Å²) in [5.41, 5.74) is 3.00. The zero-order valence-corrected chi connectivity index (χ0v) is 18.1. The number of ether oxygens (including phenoxy) is 2. The first-order valence-corrected chi connectivity index (χ1v) is 12.8. The summed E-state index contributed by atoms with van der Waals surface area (Å²) in [5.74, 6) is 0.833. The highest BCUT2D eigenvalue weighted by Gasteiger charge is 2.28. The zero-order chi connectivity index (χ0) is 19.4. The average Bonchev–Trinajstić information content (AvgIpc) is 3.04. The molecule has 1 unspecified atom stereocenters. The van der Waals surface area contributed by atoms with Gasteiger partial charge in [0.15, 0.2) is 0 Å². The predicted octanol–water partition coefficient (Wildman–Crippen LogP) is 5.40. The van der Waals surface area contributed by atoms with Crippen LogP contribution in [0.1, 0.15) is 30.5 Å². The Morgan fingerprint density at radius 2 is 1.85 bits per heavy atom. The number of benzene rings is 2. The predicted molar refractivity (Wildman–Crippen MR) is 112 cm³/mol. The van der Waals surface area contributed by atoms with E-state index in [0.29, 0.717) is 29.9 Å². The molecule has 0 saturated heterocycles. The minimum atomic E-state index is -0.755. The van der Waals surface area contributed by atoms with Gasteiger partial charge in [0.05, 0.1) is 6.61 Å². The Hall–Kier alpha value is -1.65. The smallest absolute Gasteiger partial charge is 0.130 e. The Bertz CT molecular complexity index is 758. The van der Waals surface area contributed by atoms with Crippen molar-refractivity contribution in [2.45, 2.75) is 51.4 Å². The summed E-state index contributed by atoms with van der Waals surface area (Å²) in [6.07, 6.45) is 1.63. The van der Waals surface area contributed by atoms with Gasteiger partial charge in [-0.25, -0.2) is 4.39 Å². The Morgan fingerprint density at radius 1 is 1.11 bits per heavy atom. The molecule has 1 atom stereocenters. The molecule has 3 rings (SSSR count). The van der Waals surface area contributed by atoms with Gasteiger partial charge in [-0.1, -0.05) is 57.3 Å². The summed E-state index contributed by atoms with van der Waals surface area (Å²) in [7, 11) is -0.755. The lowest BCUT2D eigenvalue weighted by molar-refractivity contribution is 0.0851. The first kappa shape index (κ1) is 20.1. The van der Waals surface area contributed by atoms with Crippen LogP contribution >= 0.6 is 0 Å². The van der Waals surface area contributed by atoms with E-state index in [0.717, 1.165) is 36.1 Å². The second kappa shape index (κ2) is 8.57. The van der Waals surface area contributed by atoms with Crippen LogP contribution in [-0.2, 0) is 24.2 Å². The highest BCUT2D eigenvalue weighted by molar-refractivity contribution is 6.59. The Balaban J connectivity index is 1.56. The van der Waals surface area contributed by atoms with Crippen LogP contribution in [-0.4, -0.2) is 22.0 Å². The van der Waals surface area contributed by atoms with Crippen molar-refractivity contribution < 1.29 is 13.9 Å². The van der Waals surface area contributed by atoms with Crippen molar-refractivity contribution in [2.75, 3.05) is 13.2 Å². The fourth-order valence-electron chi connectivity index (χ4n) is 3.35. The third kappa shape index (κ3) is 5.20. The maximum Gasteiger partial charge on any atom is 0.130 e. The van der Waals surface area contributed by atoms with Crippen molar-refractivity contribution in [2.24, 2.45) is 5.92 Å². The number of hydrogen-bond donors (Lipinski definition) is 0. The van der Waals surface area contributed by atoms with Crippen molar-refractivity contribution >= 4 is 8.80 Å². The number of halogens is 1. The van der Waals surface area contributed by atoms with Gasteiger partial charge < -0.3 is 9.47 Å². The summed E-state index contributed by atoms with van der Waals surface area (Å²) in [6.45, 7) is 11.3. The molecular formula is C23H31FO2Si. The molecular weight excluding hydrogens is 355 g/mol. The highest BCUT2D eigenvalue weighted by Crippen LogP contribution is 2.34. The van der Waals surface area contributed by atoms with E-state index in [4.69, 9.17) is 9.47 Å². The number of fused-ring (bicyclic) bond motifs is 1. The summed E-state index contributed by atoms with van der Waals surface area (Å²) >= 11 is 0. The topological polar surface area (TPSA) is 18.5 Å².